The number of carboxylic acid groups (broad SMARTS) is 1. The van der Waals surface area contributed by atoms with Crippen molar-refractivity contribution in [3.8, 4) is 5.75 Å². The highest BCUT2D eigenvalue weighted by atomic mass is 16.6. The normalized spacial score (nSPS) is 11.2. The number of esters is 1. The molecule has 0 radical (unpaired) electrons. The van der Waals surface area contributed by atoms with Crippen molar-refractivity contribution in [2.45, 2.75) is 77.6 Å². The standard InChI is InChI=1S/C36H62O12/c1-2-3-4-5-6-7-10-33-13-15-34(16-14-33)47-31-29-45-27-25-43-23-21-41-19-17-40-18-20-42-22-24-44-26-28-46-30-32-48-36(39)12-9-8-11-35(37)38/h13-16H,2-12,17-32H2,1H3,(H,37,38). The van der Waals surface area contributed by atoms with E-state index in [-0.39, 0.29) is 32.0 Å². The van der Waals surface area contributed by atoms with E-state index < -0.39 is 5.97 Å². The van der Waals surface area contributed by atoms with E-state index in [2.05, 4.69) is 19.1 Å². The van der Waals surface area contributed by atoms with Crippen LogP contribution in [0.3, 0.4) is 0 Å². The summed E-state index contributed by atoms with van der Waals surface area (Å²) in [6.45, 7) is 9.42. The largest absolute Gasteiger partial charge is 0.491 e. The summed E-state index contributed by atoms with van der Waals surface area (Å²) in [6, 6.07) is 8.40. The summed E-state index contributed by atoms with van der Waals surface area (Å²) >= 11 is 0. The Balaban J connectivity index is 1.72. The number of carboxylic acids is 1. The summed E-state index contributed by atoms with van der Waals surface area (Å²) in [4.78, 5) is 21.9. The van der Waals surface area contributed by atoms with Crippen LogP contribution in [0.1, 0.15) is 76.7 Å². The molecular formula is C36H62O12. The van der Waals surface area contributed by atoms with Crippen molar-refractivity contribution in [2.75, 3.05) is 106 Å². The number of carbonyl (C=O) groups excluding carboxylic acids is 1. The summed E-state index contributed by atoms with van der Waals surface area (Å²) in [7, 11) is 0. The molecule has 1 rings (SSSR count). The first-order valence-electron chi connectivity index (χ1n) is 17.7. The van der Waals surface area contributed by atoms with Crippen LogP contribution in [0, 0.1) is 0 Å². The third kappa shape index (κ3) is 31.0. The van der Waals surface area contributed by atoms with Gasteiger partial charge in [0.1, 0.15) is 19.0 Å². The molecule has 0 aromatic heterocycles. The van der Waals surface area contributed by atoms with Crippen molar-refractivity contribution in [1.29, 1.82) is 0 Å². The number of hydrogen-bond acceptors (Lipinski definition) is 11. The maximum atomic E-state index is 11.5. The first-order valence-corrected chi connectivity index (χ1v) is 17.7. The fourth-order valence-electron chi connectivity index (χ4n) is 4.33. The Hall–Kier alpha value is -2.32. The Bertz CT molecular complexity index is 852. The number of rotatable bonds is 37. The zero-order valence-corrected chi connectivity index (χ0v) is 29.3. The summed E-state index contributed by atoms with van der Waals surface area (Å²) in [6.07, 6.45) is 10.3. The molecule has 0 saturated carbocycles. The molecule has 1 aromatic rings. The van der Waals surface area contributed by atoms with Gasteiger partial charge in [-0.1, -0.05) is 51.2 Å². The molecule has 0 saturated heterocycles. The monoisotopic (exact) mass is 686 g/mol. The van der Waals surface area contributed by atoms with Gasteiger partial charge in [-0.3, -0.25) is 9.59 Å². The summed E-state index contributed by atoms with van der Waals surface area (Å²) < 4.78 is 49.1. The SMILES string of the molecule is CCCCCCCCc1ccc(OCCOCCOCCOCCOCCOCCOCCOCCOC(=O)CCCCC(=O)O)cc1. The second-order valence-electron chi connectivity index (χ2n) is 11.1. The van der Waals surface area contributed by atoms with E-state index in [1.165, 1.54) is 44.1 Å². The van der Waals surface area contributed by atoms with Crippen LogP contribution in [0.25, 0.3) is 0 Å². The van der Waals surface area contributed by atoms with Crippen molar-refractivity contribution in [3.05, 3.63) is 29.8 Å². The van der Waals surface area contributed by atoms with Gasteiger partial charge in [-0.05, 0) is 43.4 Å². The van der Waals surface area contributed by atoms with Crippen LogP contribution >= 0.6 is 0 Å². The third-order valence-electron chi connectivity index (χ3n) is 6.98. The van der Waals surface area contributed by atoms with Crippen LogP contribution < -0.4 is 4.74 Å². The van der Waals surface area contributed by atoms with Gasteiger partial charge in [0.15, 0.2) is 0 Å². The fraction of sp³-hybridized carbons (Fsp3) is 0.778. The third-order valence-corrected chi connectivity index (χ3v) is 6.98. The van der Waals surface area contributed by atoms with Gasteiger partial charge >= 0.3 is 11.9 Å². The molecule has 278 valence electrons. The average molecular weight is 687 g/mol. The number of unbranched alkanes of at least 4 members (excludes halogenated alkanes) is 6. The highest BCUT2D eigenvalue weighted by Gasteiger charge is 2.04. The van der Waals surface area contributed by atoms with Gasteiger partial charge in [0, 0.05) is 12.8 Å². The number of aliphatic carboxylic acids is 1. The second kappa shape index (κ2) is 34.5. The van der Waals surface area contributed by atoms with Crippen molar-refractivity contribution in [1.82, 2.24) is 0 Å². The van der Waals surface area contributed by atoms with Gasteiger partial charge in [-0.15, -0.1) is 0 Å². The lowest BCUT2D eigenvalue weighted by molar-refractivity contribution is -0.146. The van der Waals surface area contributed by atoms with E-state index in [0.29, 0.717) is 105 Å². The summed E-state index contributed by atoms with van der Waals surface area (Å²) in [5, 5.41) is 8.55. The van der Waals surface area contributed by atoms with Crippen LogP contribution in [0.5, 0.6) is 5.75 Å². The molecule has 0 spiro atoms. The van der Waals surface area contributed by atoms with Gasteiger partial charge < -0.3 is 47.7 Å². The minimum absolute atomic E-state index is 0.0631. The Morgan fingerprint density at radius 2 is 0.917 bits per heavy atom. The van der Waals surface area contributed by atoms with E-state index in [1.807, 2.05) is 12.1 Å². The molecular weight excluding hydrogens is 624 g/mol. The molecule has 12 heteroatoms. The Morgan fingerprint density at radius 1 is 0.500 bits per heavy atom. The predicted molar refractivity (Wildman–Crippen MR) is 182 cm³/mol. The van der Waals surface area contributed by atoms with E-state index in [1.54, 1.807) is 0 Å². The number of carbonyl (C=O) groups is 2. The number of ether oxygens (including phenoxy) is 9. The zero-order valence-electron chi connectivity index (χ0n) is 29.3. The molecule has 0 fully saturated rings. The quantitative estimate of drug-likeness (QED) is 0.0721. The van der Waals surface area contributed by atoms with Crippen LogP contribution in [0.2, 0.25) is 0 Å². The van der Waals surface area contributed by atoms with Gasteiger partial charge in [0.05, 0.1) is 92.5 Å². The lowest BCUT2D eigenvalue weighted by atomic mass is 10.0. The van der Waals surface area contributed by atoms with Gasteiger partial charge in [0.25, 0.3) is 0 Å². The maximum absolute atomic E-state index is 11.5. The topological polar surface area (TPSA) is 137 Å². The van der Waals surface area contributed by atoms with Crippen molar-refractivity contribution in [3.63, 3.8) is 0 Å². The highest BCUT2D eigenvalue weighted by molar-refractivity contribution is 5.69. The summed E-state index contributed by atoms with van der Waals surface area (Å²) in [5.41, 5.74) is 1.37. The zero-order chi connectivity index (χ0) is 34.6. The average Bonchev–Trinajstić information content (AvgIpc) is 3.08. The molecule has 0 atom stereocenters. The molecule has 0 bridgehead atoms. The van der Waals surface area contributed by atoms with Crippen LogP contribution in [0.4, 0.5) is 0 Å². The van der Waals surface area contributed by atoms with E-state index in [0.717, 1.165) is 12.2 Å². The number of hydrogen-bond donors (Lipinski definition) is 1. The minimum atomic E-state index is -0.860. The lowest BCUT2D eigenvalue weighted by Gasteiger charge is -2.09. The second-order valence-corrected chi connectivity index (χ2v) is 11.1. The van der Waals surface area contributed by atoms with Crippen LogP contribution in [-0.4, -0.2) is 123 Å². The Kier molecular flexibility index (Phi) is 31.4. The summed E-state index contributed by atoms with van der Waals surface area (Å²) in [5.74, 6) is -0.327. The Morgan fingerprint density at radius 3 is 1.40 bits per heavy atom. The van der Waals surface area contributed by atoms with Gasteiger partial charge in [0.2, 0.25) is 0 Å². The molecule has 1 N–H and O–H groups in total. The highest BCUT2D eigenvalue weighted by Crippen LogP contribution is 2.15. The molecule has 48 heavy (non-hydrogen) atoms. The molecule has 0 unspecified atom stereocenters. The van der Waals surface area contributed by atoms with E-state index in [9.17, 15) is 9.59 Å². The molecule has 0 aliphatic heterocycles. The molecule has 0 aliphatic carbocycles. The lowest BCUT2D eigenvalue weighted by Crippen LogP contribution is -2.15. The molecule has 1 aromatic carbocycles. The van der Waals surface area contributed by atoms with Crippen LogP contribution in [0.15, 0.2) is 24.3 Å². The fourth-order valence-corrected chi connectivity index (χ4v) is 4.33. The molecule has 0 aliphatic rings. The minimum Gasteiger partial charge on any atom is -0.491 e. The number of benzene rings is 1. The number of aryl methyl sites for hydroxylation is 1. The smallest absolute Gasteiger partial charge is 0.305 e. The maximum Gasteiger partial charge on any atom is 0.305 e. The predicted octanol–water partition coefficient (Wildman–Crippen LogP) is 5.27. The Labute approximate surface area is 288 Å². The van der Waals surface area contributed by atoms with Gasteiger partial charge in [-0.25, -0.2) is 0 Å². The van der Waals surface area contributed by atoms with Crippen molar-refractivity contribution < 1.29 is 57.3 Å². The molecule has 12 nitrogen and oxygen atoms in total. The molecule has 0 heterocycles. The van der Waals surface area contributed by atoms with Crippen LogP contribution in [-0.2, 0) is 53.9 Å². The first-order chi connectivity index (χ1) is 23.6. The van der Waals surface area contributed by atoms with Crippen molar-refractivity contribution in [2.24, 2.45) is 0 Å². The van der Waals surface area contributed by atoms with Crippen molar-refractivity contribution >= 4 is 11.9 Å². The first kappa shape index (κ1) is 43.7. The van der Waals surface area contributed by atoms with E-state index in [4.69, 9.17) is 47.7 Å². The molecule has 0 amide bonds. The van der Waals surface area contributed by atoms with E-state index >= 15 is 0 Å². The van der Waals surface area contributed by atoms with Gasteiger partial charge in [-0.2, -0.15) is 0 Å².